The summed E-state index contributed by atoms with van der Waals surface area (Å²) in [4.78, 5) is 11.9. The SMILES string of the molecule is C=CC(=C\C=C\N(CCO)CCO)/N=N/c1ccc([N+](=O)[O-])cc1. The Balaban J connectivity index is 2.74. The van der Waals surface area contributed by atoms with E-state index in [1.807, 2.05) is 0 Å². The Hall–Kier alpha value is -2.84. The fourth-order valence-corrected chi connectivity index (χ4v) is 1.68. The first kappa shape index (κ1) is 19.2. The Morgan fingerprint density at radius 2 is 1.88 bits per heavy atom. The second-order valence-corrected chi connectivity index (χ2v) is 4.59. The molecule has 1 aromatic rings. The Morgan fingerprint density at radius 1 is 1.25 bits per heavy atom. The number of non-ortho nitro benzene ring substituents is 1. The van der Waals surface area contributed by atoms with Crippen molar-refractivity contribution in [3.8, 4) is 0 Å². The molecule has 2 N–H and O–H groups in total. The van der Waals surface area contributed by atoms with E-state index in [0.29, 0.717) is 24.5 Å². The van der Waals surface area contributed by atoms with Crippen LogP contribution in [0.3, 0.4) is 0 Å². The van der Waals surface area contributed by atoms with Gasteiger partial charge in [0.2, 0.25) is 0 Å². The quantitative estimate of drug-likeness (QED) is 0.296. The topological polar surface area (TPSA) is 112 Å². The summed E-state index contributed by atoms with van der Waals surface area (Å²) in [7, 11) is 0. The van der Waals surface area contributed by atoms with Gasteiger partial charge in [-0.1, -0.05) is 6.58 Å². The van der Waals surface area contributed by atoms with Gasteiger partial charge in [0.25, 0.3) is 5.69 Å². The summed E-state index contributed by atoms with van der Waals surface area (Å²) in [6, 6.07) is 5.71. The molecule has 0 saturated carbocycles. The van der Waals surface area contributed by atoms with E-state index in [-0.39, 0.29) is 18.9 Å². The number of aliphatic hydroxyl groups excluding tert-OH is 2. The van der Waals surface area contributed by atoms with Gasteiger partial charge in [0.05, 0.1) is 29.5 Å². The Labute approximate surface area is 139 Å². The first-order valence-electron chi connectivity index (χ1n) is 7.23. The van der Waals surface area contributed by atoms with Crippen molar-refractivity contribution >= 4 is 11.4 Å². The molecule has 0 heterocycles. The molecule has 1 aromatic carbocycles. The van der Waals surface area contributed by atoms with Crippen molar-refractivity contribution in [2.45, 2.75) is 0 Å². The molecular weight excluding hydrogens is 312 g/mol. The van der Waals surface area contributed by atoms with Crippen LogP contribution >= 0.6 is 0 Å². The van der Waals surface area contributed by atoms with Crippen LogP contribution in [0, 0.1) is 10.1 Å². The fraction of sp³-hybridized carbons (Fsp3) is 0.250. The number of nitro benzene ring substituents is 1. The van der Waals surface area contributed by atoms with Crippen molar-refractivity contribution in [2.24, 2.45) is 10.2 Å². The maximum atomic E-state index is 10.6. The van der Waals surface area contributed by atoms with E-state index in [2.05, 4.69) is 16.8 Å². The number of aliphatic hydroxyl groups is 2. The molecule has 0 aliphatic heterocycles. The highest BCUT2D eigenvalue weighted by molar-refractivity contribution is 5.43. The van der Waals surface area contributed by atoms with Crippen molar-refractivity contribution in [1.29, 1.82) is 0 Å². The molecule has 0 saturated heterocycles. The van der Waals surface area contributed by atoms with Crippen molar-refractivity contribution in [2.75, 3.05) is 26.3 Å². The number of nitrogens with zero attached hydrogens (tertiary/aromatic N) is 4. The zero-order valence-corrected chi connectivity index (χ0v) is 13.2. The number of hydrogen-bond donors (Lipinski definition) is 2. The molecule has 8 heteroatoms. The maximum absolute atomic E-state index is 10.6. The van der Waals surface area contributed by atoms with Crippen LogP contribution in [0.2, 0.25) is 0 Å². The van der Waals surface area contributed by atoms with E-state index in [4.69, 9.17) is 10.2 Å². The Bertz CT molecular complexity index is 617. The maximum Gasteiger partial charge on any atom is 0.269 e. The highest BCUT2D eigenvalue weighted by atomic mass is 16.6. The minimum atomic E-state index is -0.481. The molecule has 0 bridgehead atoms. The first-order valence-corrected chi connectivity index (χ1v) is 7.23. The molecule has 0 radical (unpaired) electrons. The molecule has 24 heavy (non-hydrogen) atoms. The van der Waals surface area contributed by atoms with E-state index in [0.717, 1.165) is 0 Å². The second-order valence-electron chi connectivity index (χ2n) is 4.59. The number of rotatable bonds is 10. The lowest BCUT2D eigenvalue weighted by Gasteiger charge is -2.16. The van der Waals surface area contributed by atoms with Gasteiger partial charge < -0.3 is 15.1 Å². The van der Waals surface area contributed by atoms with Gasteiger partial charge in [-0.3, -0.25) is 10.1 Å². The number of benzene rings is 1. The largest absolute Gasteiger partial charge is 0.395 e. The van der Waals surface area contributed by atoms with Crippen LogP contribution in [0.15, 0.2) is 71.2 Å². The van der Waals surface area contributed by atoms with Crippen LogP contribution in [-0.2, 0) is 0 Å². The number of hydrogen-bond acceptors (Lipinski definition) is 7. The van der Waals surface area contributed by atoms with Crippen LogP contribution in [0.1, 0.15) is 0 Å². The van der Waals surface area contributed by atoms with E-state index in [1.165, 1.54) is 30.3 Å². The standard InChI is InChI=1S/C16H20N4O4/c1-2-14(4-3-9-19(10-12-21)11-13-22)17-18-15-5-7-16(8-6-15)20(23)24/h2-9,21-22H,1,10-13H2/b9-3+,14-4+,18-17+. The lowest BCUT2D eigenvalue weighted by atomic mass is 10.3. The molecule has 0 spiro atoms. The average Bonchev–Trinajstić information content (AvgIpc) is 2.58. The number of azo groups is 1. The van der Waals surface area contributed by atoms with Crippen LogP contribution in [0.4, 0.5) is 11.4 Å². The second kappa shape index (κ2) is 10.8. The predicted octanol–water partition coefficient (Wildman–Crippen LogP) is 2.55. The first-order chi connectivity index (χ1) is 11.6. The molecule has 0 unspecified atom stereocenters. The minimum Gasteiger partial charge on any atom is -0.395 e. The molecule has 0 aliphatic rings. The van der Waals surface area contributed by atoms with E-state index in [1.54, 1.807) is 23.3 Å². The summed E-state index contributed by atoms with van der Waals surface area (Å²) in [6.45, 7) is 4.45. The molecule has 0 fully saturated rings. The minimum absolute atomic E-state index is 0.00997. The highest BCUT2D eigenvalue weighted by Gasteiger charge is 2.03. The van der Waals surface area contributed by atoms with Gasteiger partial charge in [0.15, 0.2) is 0 Å². The zero-order valence-electron chi connectivity index (χ0n) is 13.2. The fourth-order valence-electron chi connectivity index (χ4n) is 1.68. The predicted molar refractivity (Wildman–Crippen MR) is 90.8 cm³/mol. The summed E-state index contributed by atoms with van der Waals surface area (Å²) in [5.74, 6) is 0. The molecule has 0 aliphatic carbocycles. The normalized spacial score (nSPS) is 12.0. The molecular formula is C16H20N4O4. The summed E-state index contributed by atoms with van der Waals surface area (Å²) in [6.07, 6.45) is 6.61. The summed E-state index contributed by atoms with van der Waals surface area (Å²) >= 11 is 0. The molecule has 1 rings (SSSR count). The average molecular weight is 332 g/mol. The van der Waals surface area contributed by atoms with Gasteiger partial charge in [0, 0.05) is 25.2 Å². The van der Waals surface area contributed by atoms with Gasteiger partial charge in [-0.05, 0) is 36.6 Å². The van der Waals surface area contributed by atoms with Gasteiger partial charge in [-0.2, -0.15) is 10.2 Å². The van der Waals surface area contributed by atoms with Crippen molar-refractivity contribution < 1.29 is 15.1 Å². The monoisotopic (exact) mass is 332 g/mol. The molecule has 0 aromatic heterocycles. The molecule has 0 atom stereocenters. The van der Waals surface area contributed by atoms with Crippen molar-refractivity contribution in [1.82, 2.24) is 4.90 Å². The van der Waals surface area contributed by atoms with Crippen LogP contribution in [0.25, 0.3) is 0 Å². The van der Waals surface area contributed by atoms with Crippen LogP contribution in [0.5, 0.6) is 0 Å². The highest BCUT2D eigenvalue weighted by Crippen LogP contribution is 2.19. The molecule has 128 valence electrons. The van der Waals surface area contributed by atoms with Crippen molar-refractivity contribution in [3.63, 3.8) is 0 Å². The van der Waals surface area contributed by atoms with Gasteiger partial charge >= 0.3 is 0 Å². The van der Waals surface area contributed by atoms with E-state index >= 15 is 0 Å². The van der Waals surface area contributed by atoms with E-state index < -0.39 is 4.92 Å². The third kappa shape index (κ3) is 6.95. The van der Waals surface area contributed by atoms with E-state index in [9.17, 15) is 10.1 Å². The van der Waals surface area contributed by atoms with Crippen molar-refractivity contribution in [3.05, 3.63) is 71.1 Å². The lowest BCUT2D eigenvalue weighted by molar-refractivity contribution is -0.384. The van der Waals surface area contributed by atoms with Gasteiger partial charge in [0.1, 0.15) is 0 Å². The van der Waals surface area contributed by atoms with Gasteiger partial charge in [-0.15, -0.1) is 0 Å². The molecule has 0 amide bonds. The third-order valence-corrected chi connectivity index (χ3v) is 2.89. The summed E-state index contributed by atoms with van der Waals surface area (Å²) in [5.41, 5.74) is 0.973. The van der Waals surface area contributed by atoms with Gasteiger partial charge in [-0.25, -0.2) is 0 Å². The molecule has 8 nitrogen and oxygen atoms in total. The Kier molecular flexibility index (Phi) is 8.65. The van der Waals surface area contributed by atoms with Crippen LogP contribution < -0.4 is 0 Å². The number of nitro groups is 1. The zero-order chi connectivity index (χ0) is 17.8. The van der Waals surface area contributed by atoms with Crippen LogP contribution in [-0.4, -0.2) is 46.3 Å². The third-order valence-electron chi connectivity index (χ3n) is 2.89. The number of allylic oxidation sites excluding steroid dienone is 3. The smallest absolute Gasteiger partial charge is 0.269 e. The summed E-state index contributed by atoms with van der Waals surface area (Å²) < 4.78 is 0. The lowest BCUT2D eigenvalue weighted by Crippen LogP contribution is -2.24. The Morgan fingerprint density at radius 3 is 2.38 bits per heavy atom. The summed E-state index contributed by atoms with van der Waals surface area (Å²) in [5, 5.41) is 36.4.